The Morgan fingerprint density at radius 1 is 1.47 bits per heavy atom. The van der Waals surface area contributed by atoms with E-state index in [9.17, 15) is 4.79 Å². The van der Waals surface area contributed by atoms with Crippen molar-refractivity contribution in [2.45, 2.75) is 52.1 Å². The molecule has 0 bridgehead atoms. The van der Waals surface area contributed by atoms with E-state index in [1.165, 1.54) is 0 Å². The predicted octanol–water partition coefficient (Wildman–Crippen LogP) is 2.02. The van der Waals surface area contributed by atoms with Gasteiger partial charge in [-0.3, -0.25) is 4.79 Å². The summed E-state index contributed by atoms with van der Waals surface area (Å²) >= 11 is 0. The summed E-state index contributed by atoms with van der Waals surface area (Å²) in [5.74, 6) is -0.0976. The largest absolute Gasteiger partial charge is 0.481 e. The zero-order chi connectivity index (χ0) is 13.1. The molecule has 0 heterocycles. The van der Waals surface area contributed by atoms with Gasteiger partial charge in [-0.05, 0) is 45.4 Å². The average Bonchev–Trinajstić information content (AvgIpc) is 2.29. The lowest BCUT2D eigenvalue weighted by Gasteiger charge is -2.40. The van der Waals surface area contributed by atoms with Gasteiger partial charge in [0, 0.05) is 6.54 Å². The molecular formula is C13H25NO3. The predicted molar refractivity (Wildman–Crippen MR) is 66.8 cm³/mol. The fourth-order valence-corrected chi connectivity index (χ4v) is 2.09. The molecule has 4 heteroatoms. The molecule has 0 aromatic heterocycles. The van der Waals surface area contributed by atoms with E-state index in [0.717, 1.165) is 31.6 Å². The fraction of sp³-hybridized carbons (Fsp3) is 0.923. The first-order valence-electron chi connectivity index (χ1n) is 6.39. The maximum Gasteiger partial charge on any atom is 0.311 e. The molecule has 0 amide bonds. The molecule has 3 N–H and O–H groups in total. The normalized spacial score (nSPS) is 30.2. The molecule has 17 heavy (non-hydrogen) atoms. The van der Waals surface area contributed by atoms with Gasteiger partial charge in [-0.2, -0.15) is 0 Å². The van der Waals surface area contributed by atoms with Crippen LogP contribution >= 0.6 is 0 Å². The number of nitrogens with two attached hydrogens (primary N) is 1. The topological polar surface area (TPSA) is 72.5 Å². The molecule has 1 fully saturated rings. The summed E-state index contributed by atoms with van der Waals surface area (Å²) in [6, 6.07) is 0. The van der Waals surface area contributed by atoms with Crippen LogP contribution < -0.4 is 5.73 Å². The van der Waals surface area contributed by atoms with Crippen molar-refractivity contribution in [3.05, 3.63) is 0 Å². The van der Waals surface area contributed by atoms with Gasteiger partial charge >= 0.3 is 5.97 Å². The minimum absolute atomic E-state index is 0.230. The van der Waals surface area contributed by atoms with E-state index in [-0.39, 0.29) is 12.2 Å². The lowest BCUT2D eigenvalue weighted by molar-refractivity contribution is -0.157. The molecule has 100 valence electrons. The van der Waals surface area contributed by atoms with Crippen LogP contribution in [0.25, 0.3) is 0 Å². The van der Waals surface area contributed by atoms with Crippen LogP contribution in [0.15, 0.2) is 0 Å². The van der Waals surface area contributed by atoms with Crippen LogP contribution in [0, 0.1) is 11.3 Å². The summed E-state index contributed by atoms with van der Waals surface area (Å²) in [6.07, 6.45) is 4.12. The van der Waals surface area contributed by atoms with Crippen LogP contribution in [0.3, 0.4) is 0 Å². The minimum Gasteiger partial charge on any atom is -0.481 e. The van der Waals surface area contributed by atoms with E-state index in [1.54, 1.807) is 13.8 Å². The van der Waals surface area contributed by atoms with Crippen molar-refractivity contribution in [3.63, 3.8) is 0 Å². The Bertz CT molecular complexity index is 268. The molecule has 0 aromatic rings. The number of carboxylic acid groups (broad SMARTS) is 1. The van der Waals surface area contributed by atoms with Crippen molar-refractivity contribution in [2.75, 3.05) is 13.2 Å². The quantitative estimate of drug-likeness (QED) is 0.775. The molecule has 0 atom stereocenters. The smallest absolute Gasteiger partial charge is 0.311 e. The van der Waals surface area contributed by atoms with Crippen molar-refractivity contribution >= 4 is 5.97 Å². The zero-order valence-corrected chi connectivity index (χ0v) is 11.2. The zero-order valence-electron chi connectivity index (χ0n) is 11.2. The number of carbonyl (C=O) groups is 1. The third-order valence-electron chi connectivity index (χ3n) is 3.88. The Hall–Kier alpha value is -0.610. The number of rotatable bonds is 5. The average molecular weight is 243 g/mol. The fourth-order valence-electron chi connectivity index (χ4n) is 2.09. The second-order valence-corrected chi connectivity index (χ2v) is 6.05. The SMILES string of the molecule is CC1CCC(CN)(OCC(C)(C)C(=O)O)CC1. The molecule has 1 rings (SSSR count). The highest BCUT2D eigenvalue weighted by atomic mass is 16.5. The maximum absolute atomic E-state index is 11.0. The van der Waals surface area contributed by atoms with E-state index in [2.05, 4.69) is 6.92 Å². The van der Waals surface area contributed by atoms with Crippen molar-refractivity contribution in [3.8, 4) is 0 Å². The Morgan fingerprint density at radius 2 is 2.00 bits per heavy atom. The maximum atomic E-state index is 11.0. The summed E-state index contributed by atoms with van der Waals surface area (Å²) in [5, 5.41) is 9.06. The Labute approximate surface area is 104 Å². The van der Waals surface area contributed by atoms with E-state index < -0.39 is 11.4 Å². The van der Waals surface area contributed by atoms with Gasteiger partial charge in [0.2, 0.25) is 0 Å². The molecule has 0 aromatic carbocycles. The summed E-state index contributed by atoms with van der Waals surface area (Å²) < 4.78 is 5.89. The summed E-state index contributed by atoms with van der Waals surface area (Å²) in [6.45, 7) is 6.32. The third-order valence-corrected chi connectivity index (χ3v) is 3.88. The molecule has 0 radical (unpaired) electrons. The molecule has 1 aliphatic carbocycles. The summed E-state index contributed by atoms with van der Waals surface area (Å²) in [7, 11) is 0. The molecule has 0 aliphatic heterocycles. The van der Waals surface area contributed by atoms with Gasteiger partial charge < -0.3 is 15.6 Å². The van der Waals surface area contributed by atoms with Crippen LogP contribution in [0.4, 0.5) is 0 Å². The molecule has 1 aliphatic rings. The van der Waals surface area contributed by atoms with Gasteiger partial charge in [0.1, 0.15) is 0 Å². The van der Waals surface area contributed by atoms with Crippen molar-refractivity contribution in [2.24, 2.45) is 17.1 Å². The minimum atomic E-state index is -0.842. The van der Waals surface area contributed by atoms with Crippen molar-refractivity contribution in [1.82, 2.24) is 0 Å². The summed E-state index contributed by atoms with van der Waals surface area (Å²) in [5.41, 5.74) is 4.68. The molecule has 0 spiro atoms. The van der Waals surface area contributed by atoms with Crippen LogP contribution in [-0.4, -0.2) is 29.8 Å². The molecule has 0 unspecified atom stereocenters. The van der Waals surface area contributed by atoms with Crippen LogP contribution in [0.5, 0.6) is 0 Å². The molecule has 1 saturated carbocycles. The van der Waals surface area contributed by atoms with E-state index in [4.69, 9.17) is 15.6 Å². The van der Waals surface area contributed by atoms with E-state index >= 15 is 0 Å². The highest BCUT2D eigenvalue weighted by Crippen LogP contribution is 2.35. The van der Waals surface area contributed by atoms with Gasteiger partial charge in [0.05, 0.1) is 17.6 Å². The standard InChI is InChI=1S/C13H25NO3/c1-10-4-6-13(8-14,7-5-10)17-9-12(2,3)11(15)16/h10H,4-9,14H2,1-3H3,(H,15,16). The Balaban J connectivity index is 2.56. The Morgan fingerprint density at radius 3 is 2.41 bits per heavy atom. The van der Waals surface area contributed by atoms with Gasteiger partial charge in [-0.1, -0.05) is 6.92 Å². The number of carboxylic acids is 1. The number of ether oxygens (including phenoxy) is 1. The van der Waals surface area contributed by atoms with E-state index in [0.29, 0.717) is 6.54 Å². The molecule has 0 saturated heterocycles. The van der Waals surface area contributed by atoms with Crippen molar-refractivity contribution < 1.29 is 14.6 Å². The van der Waals surface area contributed by atoms with Crippen molar-refractivity contribution in [1.29, 1.82) is 0 Å². The number of aliphatic carboxylic acids is 1. The van der Waals surface area contributed by atoms with Crippen LogP contribution in [0.2, 0.25) is 0 Å². The Kier molecular flexibility index (Phi) is 4.55. The first kappa shape index (κ1) is 14.5. The van der Waals surface area contributed by atoms with Gasteiger partial charge in [0.25, 0.3) is 0 Å². The number of hydrogen-bond acceptors (Lipinski definition) is 3. The number of hydrogen-bond donors (Lipinski definition) is 2. The van der Waals surface area contributed by atoms with E-state index in [1.807, 2.05) is 0 Å². The van der Waals surface area contributed by atoms with Gasteiger partial charge in [-0.25, -0.2) is 0 Å². The second-order valence-electron chi connectivity index (χ2n) is 6.05. The van der Waals surface area contributed by atoms with Crippen LogP contribution in [0.1, 0.15) is 46.5 Å². The highest BCUT2D eigenvalue weighted by molar-refractivity contribution is 5.73. The molecular weight excluding hydrogens is 218 g/mol. The third kappa shape index (κ3) is 3.68. The van der Waals surface area contributed by atoms with Crippen LogP contribution in [-0.2, 0) is 9.53 Å². The van der Waals surface area contributed by atoms with Gasteiger partial charge in [-0.15, -0.1) is 0 Å². The lowest BCUT2D eigenvalue weighted by Crippen LogP contribution is -2.46. The van der Waals surface area contributed by atoms with Gasteiger partial charge in [0.15, 0.2) is 0 Å². The highest BCUT2D eigenvalue weighted by Gasteiger charge is 2.37. The second kappa shape index (κ2) is 5.36. The lowest BCUT2D eigenvalue weighted by atomic mass is 9.79. The first-order valence-corrected chi connectivity index (χ1v) is 6.39. The summed E-state index contributed by atoms with van der Waals surface area (Å²) in [4.78, 5) is 11.0. The molecule has 4 nitrogen and oxygen atoms in total. The first-order chi connectivity index (χ1) is 7.81. The monoisotopic (exact) mass is 243 g/mol.